The molecule has 1 amide bonds. The molecule has 1 fully saturated rings. The molecule has 6 nitrogen and oxygen atoms in total. The number of fused-ring (bicyclic) bond motifs is 1. The number of imidazole rings is 1. The van der Waals surface area contributed by atoms with Gasteiger partial charge in [0.1, 0.15) is 5.60 Å². The Morgan fingerprint density at radius 2 is 2.12 bits per heavy atom. The summed E-state index contributed by atoms with van der Waals surface area (Å²) >= 11 is 0. The lowest BCUT2D eigenvalue weighted by Gasteiger charge is -2.37. The number of nitrogens with zero attached hydrogens (tertiary/aromatic N) is 3. The Balaban J connectivity index is 1.70. The van der Waals surface area contributed by atoms with Gasteiger partial charge in [0.15, 0.2) is 0 Å². The minimum absolute atomic E-state index is 0.127. The lowest BCUT2D eigenvalue weighted by molar-refractivity contribution is 0.0209. The van der Waals surface area contributed by atoms with E-state index in [4.69, 9.17) is 4.74 Å². The number of aromatic amines is 1. The number of para-hydroxylation sites is 2. The predicted octanol–water partition coefficient (Wildman–Crippen LogP) is 3.40. The molecule has 0 aliphatic carbocycles. The number of carbonyl (C=O) groups is 1. The molecule has 3 rings (SSSR count). The van der Waals surface area contributed by atoms with Crippen molar-refractivity contribution in [3.8, 4) is 0 Å². The molecule has 0 spiro atoms. The number of rotatable bonds is 2. The van der Waals surface area contributed by atoms with Crippen LogP contribution in [0.2, 0.25) is 0 Å². The summed E-state index contributed by atoms with van der Waals surface area (Å²) in [6.45, 7) is 7.37. The van der Waals surface area contributed by atoms with E-state index in [-0.39, 0.29) is 12.1 Å². The molecule has 0 unspecified atom stereocenters. The van der Waals surface area contributed by atoms with Crippen LogP contribution in [0.25, 0.3) is 11.0 Å². The molecule has 0 bridgehead atoms. The maximum Gasteiger partial charge on any atom is 0.410 e. The number of likely N-dealkylation sites (N-methyl/N-ethyl adjacent to an activating group) is 1. The van der Waals surface area contributed by atoms with E-state index in [9.17, 15) is 4.79 Å². The first-order chi connectivity index (χ1) is 11.3. The highest BCUT2D eigenvalue weighted by molar-refractivity contribution is 5.77. The van der Waals surface area contributed by atoms with E-state index in [0.717, 1.165) is 42.9 Å². The Morgan fingerprint density at radius 1 is 1.38 bits per heavy atom. The average molecular weight is 330 g/mol. The molecule has 1 aliphatic heterocycles. The lowest BCUT2D eigenvalue weighted by Crippen LogP contribution is -2.50. The molecule has 1 N–H and O–H groups in total. The van der Waals surface area contributed by atoms with Crippen molar-refractivity contribution in [2.75, 3.05) is 25.0 Å². The van der Waals surface area contributed by atoms with E-state index in [1.165, 1.54) is 0 Å². The Hall–Kier alpha value is -2.24. The topological polar surface area (TPSA) is 61.5 Å². The molecule has 24 heavy (non-hydrogen) atoms. The molecule has 1 aromatic carbocycles. The molecule has 0 radical (unpaired) electrons. The van der Waals surface area contributed by atoms with E-state index < -0.39 is 5.60 Å². The van der Waals surface area contributed by atoms with Crippen LogP contribution in [0.5, 0.6) is 0 Å². The monoisotopic (exact) mass is 330 g/mol. The van der Waals surface area contributed by atoms with Crippen LogP contribution in [-0.2, 0) is 4.74 Å². The fourth-order valence-corrected chi connectivity index (χ4v) is 3.04. The van der Waals surface area contributed by atoms with Gasteiger partial charge in [-0.1, -0.05) is 12.1 Å². The van der Waals surface area contributed by atoms with E-state index in [0.29, 0.717) is 0 Å². The second-order valence-electron chi connectivity index (χ2n) is 7.41. The van der Waals surface area contributed by atoms with Crippen molar-refractivity contribution in [3.05, 3.63) is 24.3 Å². The lowest BCUT2D eigenvalue weighted by atomic mass is 10.1. The van der Waals surface area contributed by atoms with E-state index in [2.05, 4.69) is 14.9 Å². The molecular weight excluding hydrogens is 304 g/mol. The zero-order valence-corrected chi connectivity index (χ0v) is 14.9. The maximum atomic E-state index is 12.3. The van der Waals surface area contributed by atoms with Gasteiger partial charge in [-0.25, -0.2) is 9.78 Å². The third kappa shape index (κ3) is 3.63. The summed E-state index contributed by atoms with van der Waals surface area (Å²) in [5.74, 6) is 0.874. The van der Waals surface area contributed by atoms with Crippen LogP contribution in [0, 0.1) is 0 Å². The summed E-state index contributed by atoms with van der Waals surface area (Å²) in [4.78, 5) is 24.3. The highest BCUT2D eigenvalue weighted by Gasteiger charge is 2.30. The summed E-state index contributed by atoms with van der Waals surface area (Å²) in [6.07, 6.45) is 1.74. The van der Waals surface area contributed by atoms with Crippen LogP contribution in [0.1, 0.15) is 33.6 Å². The fourth-order valence-electron chi connectivity index (χ4n) is 3.04. The van der Waals surface area contributed by atoms with Gasteiger partial charge in [0.25, 0.3) is 0 Å². The van der Waals surface area contributed by atoms with Crippen molar-refractivity contribution in [1.29, 1.82) is 0 Å². The van der Waals surface area contributed by atoms with Crippen molar-refractivity contribution in [3.63, 3.8) is 0 Å². The molecule has 1 aromatic heterocycles. The summed E-state index contributed by atoms with van der Waals surface area (Å²) in [6, 6.07) is 8.15. The largest absolute Gasteiger partial charge is 0.444 e. The number of H-pyrrole nitrogens is 1. The van der Waals surface area contributed by atoms with Gasteiger partial charge in [0.05, 0.1) is 17.1 Å². The Labute approximate surface area is 142 Å². The Morgan fingerprint density at radius 3 is 2.83 bits per heavy atom. The van der Waals surface area contributed by atoms with Gasteiger partial charge in [0.2, 0.25) is 5.95 Å². The van der Waals surface area contributed by atoms with E-state index in [1.54, 1.807) is 4.90 Å². The van der Waals surface area contributed by atoms with Crippen molar-refractivity contribution >= 4 is 23.1 Å². The first-order valence-electron chi connectivity index (χ1n) is 8.49. The zero-order valence-electron chi connectivity index (χ0n) is 14.9. The second kappa shape index (κ2) is 6.34. The number of ether oxygens (including phenoxy) is 1. The van der Waals surface area contributed by atoms with Gasteiger partial charge < -0.3 is 19.5 Å². The molecule has 0 saturated carbocycles. The van der Waals surface area contributed by atoms with Gasteiger partial charge in [0, 0.05) is 20.1 Å². The van der Waals surface area contributed by atoms with Crippen molar-refractivity contribution in [2.24, 2.45) is 0 Å². The molecule has 130 valence electrons. The van der Waals surface area contributed by atoms with Crippen molar-refractivity contribution in [2.45, 2.75) is 45.3 Å². The highest BCUT2D eigenvalue weighted by Crippen LogP contribution is 2.23. The fraction of sp³-hybridized carbons (Fsp3) is 0.556. The second-order valence-corrected chi connectivity index (χ2v) is 7.41. The number of hydrogen-bond acceptors (Lipinski definition) is 4. The zero-order chi connectivity index (χ0) is 17.3. The number of hydrogen-bond donors (Lipinski definition) is 1. The first-order valence-corrected chi connectivity index (χ1v) is 8.49. The Kier molecular flexibility index (Phi) is 4.39. The molecular formula is C18H26N4O2. The number of anilines is 1. The first kappa shape index (κ1) is 16.6. The number of carbonyl (C=O) groups excluding carboxylic acids is 1. The van der Waals surface area contributed by atoms with Crippen LogP contribution in [0.4, 0.5) is 10.7 Å². The third-order valence-corrected chi connectivity index (χ3v) is 4.30. The summed E-state index contributed by atoms with van der Waals surface area (Å²) in [5, 5.41) is 0. The predicted molar refractivity (Wildman–Crippen MR) is 95.3 cm³/mol. The SMILES string of the molecule is CN(C(=O)OC(C)(C)C)[C@@H]1CCCN(c2nc3ccccc3[nH]2)C1. The number of amides is 1. The van der Waals surface area contributed by atoms with Gasteiger partial charge in [-0.3, -0.25) is 0 Å². The Bertz CT molecular complexity index is 686. The standard InChI is InChI=1S/C18H26N4O2/c1-18(2,3)24-17(23)21(4)13-8-7-11-22(12-13)16-19-14-9-5-6-10-15(14)20-16/h5-6,9-10,13H,7-8,11-12H2,1-4H3,(H,19,20)/t13-/m1/s1. The molecule has 1 atom stereocenters. The van der Waals surface area contributed by atoms with Crippen molar-refractivity contribution in [1.82, 2.24) is 14.9 Å². The third-order valence-electron chi connectivity index (χ3n) is 4.30. The number of aromatic nitrogens is 2. The highest BCUT2D eigenvalue weighted by atomic mass is 16.6. The average Bonchev–Trinajstić information content (AvgIpc) is 2.96. The van der Waals surface area contributed by atoms with Crippen LogP contribution in [-0.4, -0.2) is 52.7 Å². The number of piperidine rings is 1. The summed E-state index contributed by atoms with van der Waals surface area (Å²) in [5.41, 5.74) is 1.53. The van der Waals surface area contributed by atoms with E-state index >= 15 is 0 Å². The molecule has 1 saturated heterocycles. The molecule has 2 aromatic rings. The van der Waals surface area contributed by atoms with Crippen molar-refractivity contribution < 1.29 is 9.53 Å². The van der Waals surface area contributed by atoms with Crippen LogP contribution in [0.3, 0.4) is 0 Å². The van der Waals surface area contributed by atoms with Crippen LogP contribution >= 0.6 is 0 Å². The minimum Gasteiger partial charge on any atom is -0.444 e. The van der Waals surface area contributed by atoms with E-state index in [1.807, 2.05) is 52.1 Å². The molecule has 2 heterocycles. The van der Waals surface area contributed by atoms with Gasteiger partial charge >= 0.3 is 6.09 Å². The molecule has 6 heteroatoms. The van der Waals surface area contributed by atoms with Crippen LogP contribution in [0.15, 0.2) is 24.3 Å². The maximum absolute atomic E-state index is 12.3. The quantitative estimate of drug-likeness (QED) is 0.917. The van der Waals surface area contributed by atoms with Gasteiger partial charge in [-0.05, 0) is 45.7 Å². The number of benzene rings is 1. The van der Waals surface area contributed by atoms with Gasteiger partial charge in [-0.15, -0.1) is 0 Å². The summed E-state index contributed by atoms with van der Waals surface area (Å²) in [7, 11) is 1.82. The smallest absolute Gasteiger partial charge is 0.410 e. The van der Waals surface area contributed by atoms with Gasteiger partial charge in [-0.2, -0.15) is 0 Å². The minimum atomic E-state index is -0.474. The molecule has 1 aliphatic rings. The normalized spacial score (nSPS) is 18.7. The van der Waals surface area contributed by atoms with Crippen LogP contribution < -0.4 is 4.90 Å². The summed E-state index contributed by atoms with van der Waals surface area (Å²) < 4.78 is 5.49. The number of nitrogens with one attached hydrogen (secondary N) is 1.